The maximum atomic E-state index is 15.0. The minimum atomic E-state index is -3.45. The summed E-state index contributed by atoms with van der Waals surface area (Å²) in [5.41, 5.74) is -2.74. The second-order valence-electron chi connectivity index (χ2n) is 7.13. The average molecular weight is 432 g/mol. The first-order valence-electron chi connectivity index (χ1n) is 7.37. The molecule has 8 heteroatoms. The lowest BCUT2D eigenvalue weighted by Crippen LogP contribution is -2.59. The van der Waals surface area contributed by atoms with Crippen molar-refractivity contribution >= 4 is 26.9 Å². The minimum Gasteiger partial charge on any atom is -0.242 e. The molecule has 0 aliphatic rings. The Labute approximate surface area is 151 Å². The molecule has 1 rings (SSSR count). The molecule has 0 amide bonds. The van der Waals surface area contributed by atoms with Crippen molar-refractivity contribution in [3.63, 3.8) is 0 Å². The maximum absolute atomic E-state index is 15.0. The van der Waals surface area contributed by atoms with Crippen LogP contribution < -0.4 is 4.72 Å². The van der Waals surface area contributed by atoms with Gasteiger partial charge in [-0.25, -0.2) is 26.5 Å². The molecule has 1 aromatic carbocycles. The van der Waals surface area contributed by atoms with Crippen LogP contribution in [0.1, 0.15) is 47.1 Å². The van der Waals surface area contributed by atoms with Crippen molar-refractivity contribution in [2.24, 2.45) is 5.92 Å². The standard InChI is InChI=1S/C16H22BrF4NOS/c1-9(2)16(20,21)15(6,22-24(23)14(3,4)5)10-7-11(17)13(19)8-12(10)18/h7-9,22H,1-6H3/t15-,24?/m1/s1. The largest absolute Gasteiger partial charge is 0.272 e. The van der Waals surface area contributed by atoms with Crippen molar-refractivity contribution in [1.29, 1.82) is 0 Å². The Morgan fingerprint density at radius 2 is 1.58 bits per heavy atom. The van der Waals surface area contributed by atoms with Gasteiger partial charge in [-0.2, -0.15) is 0 Å². The fourth-order valence-corrected chi connectivity index (χ4v) is 3.39. The van der Waals surface area contributed by atoms with Crippen LogP contribution in [-0.4, -0.2) is 14.9 Å². The number of halogens is 5. The highest BCUT2D eigenvalue weighted by Crippen LogP contribution is 2.45. The van der Waals surface area contributed by atoms with E-state index in [1.807, 2.05) is 0 Å². The Balaban J connectivity index is 3.62. The van der Waals surface area contributed by atoms with Crippen LogP contribution in [0.15, 0.2) is 16.6 Å². The molecule has 0 saturated heterocycles. The van der Waals surface area contributed by atoms with Crippen LogP contribution in [0.2, 0.25) is 0 Å². The van der Waals surface area contributed by atoms with Crippen LogP contribution in [0.5, 0.6) is 0 Å². The van der Waals surface area contributed by atoms with Crippen LogP contribution >= 0.6 is 15.9 Å². The fraction of sp³-hybridized carbons (Fsp3) is 0.625. The van der Waals surface area contributed by atoms with Crippen LogP contribution in [0.25, 0.3) is 0 Å². The van der Waals surface area contributed by atoms with Gasteiger partial charge in [-0.15, -0.1) is 0 Å². The molecule has 1 unspecified atom stereocenters. The Bertz CT molecular complexity index is 646. The van der Waals surface area contributed by atoms with Gasteiger partial charge in [0, 0.05) is 17.5 Å². The van der Waals surface area contributed by atoms with Gasteiger partial charge in [0.2, 0.25) is 0 Å². The third kappa shape index (κ3) is 4.02. The van der Waals surface area contributed by atoms with Gasteiger partial charge in [-0.05, 0) is 49.7 Å². The molecule has 0 heterocycles. The number of benzene rings is 1. The van der Waals surface area contributed by atoms with Gasteiger partial charge in [0.25, 0.3) is 5.92 Å². The van der Waals surface area contributed by atoms with E-state index in [2.05, 4.69) is 20.7 Å². The number of alkyl halides is 2. The number of hydrogen-bond donors (Lipinski definition) is 1. The van der Waals surface area contributed by atoms with E-state index in [0.717, 1.165) is 13.0 Å². The summed E-state index contributed by atoms with van der Waals surface area (Å²) in [6, 6.07) is 1.50. The van der Waals surface area contributed by atoms with Crippen LogP contribution in [0.3, 0.4) is 0 Å². The highest BCUT2D eigenvalue weighted by molar-refractivity contribution is 9.10. The quantitative estimate of drug-likeness (QED) is 0.498. The second-order valence-corrected chi connectivity index (χ2v) is 9.95. The molecule has 24 heavy (non-hydrogen) atoms. The molecule has 0 aromatic heterocycles. The monoisotopic (exact) mass is 431 g/mol. The first-order valence-corrected chi connectivity index (χ1v) is 9.31. The van der Waals surface area contributed by atoms with Gasteiger partial charge in [-0.1, -0.05) is 13.8 Å². The normalized spacial score (nSPS) is 17.0. The van der Waals surface area contributed by atoms with E-state index in [9.17, 15) is 21.8 Å². The summed E-state index contributed by atoms with van der Waals surface area (Å²) < 4.78 is 71.6. The molecule has 1 aromatic rings. The van der Waals surface area contributed by atoms with Crippen molar-refractivity contribution in [1.82, 2.24) is 4.72 Å². The lowest BCUT2D eigenvalue weighted by molar-refractivity contribution is -0.116. The highest BCUT2D eigenvalue weighted by atomic mass is 79.9. The summed E-state index contributed by atoms with van der Waals surface area (Å²) in [4.78, 5) is 0. The maximum Gasteiger partial charge on any atom is 0.272 e. The van der Waals surface area contributed by atoms with Gasteiger partial charge in [0.05, 0.1) is 20.2 Å². The lowest BCUT2D eigenvalue weighted by Gasteiger charge is -2.42. The van der Waals surface area contributed by atoms with Crippen molar-refractivity contribution in [3.05, 3.63) is 33.8 Å². The molecule has 0 saturated carbocycles. The topological polar surface area (TPSA) is 29.1 Å². The first kappa shape index (κ1) is 21.6. The van der Waals surface area contributed by atoms with E-state index in [1.54, 1.807) is 20.8 Å². The van der Waals surface area contributed by atoms with Gasteiger partial charge in [0.1, 0.15) is 17.2 Å². The van der Waals surface area contributed by atoms with Crippen LogP contribution in [0, 0.1) is 17.6 Å². The summed E-state index contributed by atoms with van der Waals surface area (Å²) in [6.07, 6.45) is 0. The van der Waals surface area contributed by atoms with E-state index < -0.39 is 50.3 Å². The number of hydrogen-bond acceptors (Lipinski definition) is 1. The second kappa shape index (κ2) is 7.03. The van der Waals surface area contributed by atoms with E-state index >= 15 is 0 Å². The summed E-state index contributed by atoms with van der Waals surface area (Å²) in [7, 11) is -1.90. The van der Waals surface area contributed by atoms with E-state index in [0.29, 0.717) is 6.07 Å². The predicted octanol–water partition coefficient (Wildman–Crippen LogP) is 5.29. The molecule has 0 radical (unpaired) electrons. The van der Waals surface area contributed by atoms with Crippen molar-refractivity contribution < 1.29 is 21.8 Å². The van der Waals surface area contributed by atoms with Crippen molar-refractivity contribution in [2.75, 3.05) is 0 Å². The van der Waals surface area contributed by atoms with E-state index in [1.165, 1.54) is 13.8 Å². The fourth-order valence-electron chi connectivity index (χ4n) is 2.12. The third-order valence-corrected chi connectivity index (χ3v) is 6.11. The minimum absolute atomic E-state index is 0.145. The summed E-state index contributed by atoms with van der Waals surface area (Å²) >= 11 is 2.89. The summed E-state index contributed by atoms with van der Waals surface area (Å²) in [6.45, 7) is 8.50. The van der Waals surface area contributed by atoms with Crippen molar-refractivity contribution in [3.8, 4) is 0 Å². The third-order valence-electron chi connectivity index (χ3n) is 3.79. The molecule has 0 fully saturated rings. The zero-order valence-electron chi connectivity index (χ0n) is 14.4. The van der Waals surface area contributed by atoms with Gasteiger partial charge in [0.15, 0.2) is 0 Å². The Hall–Kier alpha value is -0.470. The lowest BCUT2D eigenvalue weighted by atomic mass is 9.80. The van der Waals surface area contributed by atoms with Crippen LogP contribution in [-0.2, 0) is 16.5 Å². The SMILES string of the molecule is CC(C)C(F)(F)[C@](C)(NS(=O)C(C)(C)C)c1cc(Br)c(F)cc1F. The van der Waals surface area contributed by atoms with Crippen molar-refractivity contribution in [2.45, 2.75) is 57.8 Å². The zero-order chi connectivity index (χ0) is 19.1. The smallest absolute Gasteiger partial charge is 0.242 e. The summed E-state index contributed by atoms with van der Waals surface area (Å²) in [5.74, 6) is -6.65. The molecule has 0 bridgehead atoms. The Kier molecular flexibility index (Phi) is 6.32. The summed E-state index contributed by atoms with van der Waals surface area (Å²) in [5, 5.41) is 0. The Morgan fingerprint density at radius 1 is 1.08 bits per heavy atom. The Morgan fingerprint density at radius 3 is 2.00 bits per heavy atom. The average Bonchev–Trinajstić information content (AvgIpc) is 2.41. The molecule has 2 nitrogen and oxygen atoms in total. The van der Waals surface area contributed by atoms with Gasteiger partial charge >= 0.3 is 0 Å². The van der Waals surface area contributed by atoms with Gasteiger partial charge < -0.3 is 0 Å². The molecule has 0 spiro atoms. The molecule has 2 atom stereocenters. The van der Waals surface area contributed by atoms with E-state index in [-0.39, 0.29) is 4.47 Å². The van der Waals surface area contributed by atoms with Crippen LogP contribution in [0.4, 0.5) is 17.6 Å². The van der Waals surface area contributed by atoms with E-state index in [4.69, 9.17) is 0 Å². The molecule has 0 aliphatic heterocycles. The molecular weight excluding hydrogens is 410 g/mol. The molecule has 138 valence electrons. The molecule has 0 aliphatic carbocycles. The van der Waals surface area contributed by atoms with Gasteiger partial charge in [-0.3, -0.25) is 0 Å². The zero-order valence-corrected chi connectivity index (χ0v) is 16.8. The highest BCUT2D eigenvalue weighted by Gasteiger charge is 2.56. The molecule has 1 N–H and O–H groups in total. The number of nitrogens with one attached hydrogen (secondary N) is 1. The number of rotatable bonds is 5. The first-order chi connectivity index (χ1) is 10.6. The molecular formula is C16H22BrF4NOS. The predicted molar refractivity (Wildman–Crippen MR) is 92.2 cm³/mol.